The fraction of sp³-hybridized carbons (Fsp3) is 0.579. The Morgan fingerprint density at radius 3 is 2.62 bits per heavy atom. The van der Waals surface area contributed by atoms with E-state index in [1.165, 1.54) is 0 Å². The summed E-state index contributed by atoms with van der Waals surface area (Å²) in [5.41, 5.74) is 0. The van der Waals surface area contributed by atoms with Crippen LogP contribution >= 0.6 is 0 Å². The first kappa shape index (κ1) is 20.0. The molecule has 7 heteroatoms. The quantitative estimate of drug-likeness (QED) is 0.628. The van der Waals surface area contributed by atoms with E-state index in [2.05, 4.69) is 10.2 Å². The zero-order valence-electron chi connectivity index (χ0n) is 15.9. The molecule has 1 atom stereocenters. The van der Waals surface area contributed by atoms with Crippen LogP contribution in [0.25, 0.3) is 0 Å². The topological polar surface area (TPSA) is 71.1 Å². The highest BCUT2D eigenvalue weighted by Gasteiger charge is 2.33. The van der Waals surface area contributed by atoms with Gasteiger partial charge in [-0.25, -0.2) is 0 Å². The van der Waals surface area contributed by atoms with E-state index in [0.717, 1.165) is 24.5 Å². The number of ether oxygens (including phenoxy) is 2. The molecule has 0 bridgehead atoms. The van der Waals surface area contributed by atoms with E-state index in [9.17, 15) is 9.59 Å². The number of rotatable bonds is 10. The lowest BCUT2D eigenvalue weighted by Gasteiger charge is -2.18. The minimum atomic E-state index is -0.261. The van der Waals surface area contributed by atoms with Gasteiger partial charge in [0.2, 0.25) is 11.8 Å². The lowest BCUT2D eigenvalue weighted by molar-refractivity contribution is -0.129. The number of carbonyl (C=O) groups excluding carboxylic acids is 2. The lowest BCUT2D eigenvalue weighted by Crippen LogP contribution is -2.35. The third kappa shape index (κ3) is 6.22. The molecule has 1 aromatic rings. The SMILES string of the molecule is COc1ccc(OCCNC(=O)C2CC(=O)N(CCCN(C)C)C2)cc1. The van der Waals surface area contributed by atoms with Gasteiger partial charge >= 0.3 is 0 Å². The van der Waals surface area contributed by atoms with E-state index in [1.807, 2.05) is 38.4 Å². The van der Waals surface area contributed by atoms with Gasteiger partial charge in [0.25, 0.3) is 0 Å². The first-order chi connectivity index (χ1) is 12.5. The van der Waals surface area contributed by atoms with E-state index in [-0.39, 0.29) is 17.7 Å². The van der Waals surface area contributed by atoms with E-state index >= 15 is 0 Å². The van der Waals surface area contributed by atoms with Crippen molar-refractivity contribution in [1.29, 1.82) is 0 Å². The number of hydrogen-bond donors (Lipinski definition) is 1. The molecule has 1 fully saturated rings. The monoisotopic (exact) mass is 363 g/mol. The Morgan fingerprint density at radius 1 is 1.27 bits per heavy atom. The Bertz CT molecular complexity index is 589. The van der Waals surface area contributed by atoms with E-state index in [0.29, 0.717) is 32.7 Å². The van der Waals surface area contributed by atoms with Crippen molar-refractivity contribution in [2.75, 3.05) is 54.0 Å². The van der Waals surface area contributed by atoms with Gasteiger partial charge in [-0.1, -0.05) is 0 Å². The number of carbonyl (C=O) groups is 2. The first-order valence-electron chi connectivity index (χ1n) is 8.96. The van der Waals surface area contributed by atoms with Crippen LogP contribution in [-0.4, -0.2) is 75.6 Å². The van der Waals surface area contributed by atoms with Gasteiger partial charge in [-0.2, -0.15) is 0 Å². The van der Waals surface area contributed by atoms with Gasteiger partial charge in [0.05, 0.1) is 19.6 Å². The van der Waals surface area contributed by atoms with Crippen molar-refractivity contribution in [1.82, 2.24) is 15.1 Å². The smallest absolute Gasteiger partial charge is 0.225 e. The number of nitrogens with zero attached hydrogens (tertiary/aromatic N) is 2. The highest BCUT2D eigenvalue weighted by Crippen LogP contribution is 2.18. The van der Waals surface area contributed by atoms with Crippen LogP contribution in [0, 0.1) is 5.92 Å². The molecule has 1 aromatic carbocycles. The van der Waals surface area contributed by atoms with Gasteiger partial charge in [-0.3, -0.25) is 9.59 Å². The molecule has 1 heterocycles. The maximum atomic E-state index is 12.2. The van der Waals surface area contributed by atoms with E-state index in [4.69, 9.17) is 9.47 Å². The molecule has 7 nitrogen and oxygen atoms in total. The average molecular weight is 363 g/mol. The molecule has 26 heavy (non-hydrogen) atoms. The van der Waals surface area contributed by atoms with E-state index in [1.54, 1.807) is 12.0 Å². The van der Waals surface area contributed by atoms with Gasteiger partial charge < -0.3 is 24.6 Å². The molecule has 0 radical (unpaired) electrons. The molecule has 1 unspecified atom stereocenters. The van der Waals surface area contributed by atoms with Gasteiger partial charge in [0, 0.05) is 19.5 Å². The van der Waals surface area contributed by atoms with Crippen molar-refractivity contribution in [2.24, 2.45) is 5.92 Å². The van der Waals surface area contributed by atoms with Crippen LogP contribution in [-0.2, 0) is 9.59 Å². The molecule has 2 rings (SSSR count). The van der Waals surface area contributed by atoms with Crippen LogP contribution in [0.1, 0.15) is 12.8 Å². The second kappa shape index (κ2) is 10.0. The third-order valence-corrected chi connectivity index (χ3v) is 4.35. The summed E-state index contributed by atoms with van der Waals surface area (Å²) in [6.45, 7) is 2.95. The predicted molar refractivity (Wildman–Crippen MR) is 99.4 cm³/mol. The Kier molecular flexibility index (Phi) is 7.72. The highest BCUT2D eigenvalue weighted by molar-refractivity contribution is 5.89. The zero-order valence-corrected chi connectivity index (χ0v) is 15.9. The molecule has 2 amide bonds. The van der Waals surface area contributed by atoms with Crippen LogP contribution in [0.15, 0.2) is 24.3 Å². The summed E-state index contributed by atoms with van der Waals surface area (Å²) >= 11 is 0. The van der Waals surface area contributed by atoms with Crippen LogP contribution < -0.4 is 14.8 Å². The summed E-state index contributed by atoms with van der Waals surface area (Å²) in [5, 5.41) is 2.86. The Hall–Kier alpha value is -2.28. The van der Waals surface area contributed by atoms with Crippen molar-refractivity contribution >= 4 is 11.8 Å². The van der Waals surface area contributed by atoms with Crippen LogP contribution in [0.3, 0.4) is 0 Å². The zero-order chi connectivity index (χ0) is 18.9. The molecule has 0 spiro atoms. The standard InChI is InChI=1S/C19H29N3O4/c1-21(2)10-4-11-22-14-15(13-18(22)23)19(24)20-9-12-26-17-7-5-16(25-3)6-8-17/h5-8,15H,4,9-14H2,1-3H3,(H,20,24). The van der Waals surface area contributed by atoms with Crippen LogP contribution in [0.2, 0.25) is 0 Å². The van der Waals surface area contributed by atoms with Gasteiger partial charge in [0.15, 0.2) is 0 Å². The number of methoxy groups -OCH3 is 1. The fourth-order valence-corrected chi connectivity index (χ4v) is 2.90. The number of hydrogen-bond acceptors (Lipinski definition) is 5. The van der Waals surface area contributed by atoms with Gasteiger partial charge in [0.1, 0.15) is 18.1 Å². The second-order valence-electron chi connectivity index (χ2n) is 6.71. The Balaban J connectivity index is 1.65. The molecule has 1 N–H and O–H groups in total. The molecular weight excluding hydrogens is 334 g/mol. The van der Waals surface area contributed by atoms with Gasteiger partial charge in [-0.05, 0) is 51.3 Å². The number of benzene rings is 1. The van der Waals surface area contributed by atoms with Crippen molar-refractivity contribution in [3.63, 3.8) is 0 Å². The summed E-state index contributed by atoms with van der Waals surface area (Å²) in [7, 11) is 5.63. The van der Waals surface area contributed by atoms with Crippen LogP contribution in [0.5, 0.6) is 11.5 Å². The second-order valence-corrected chi connectivity index (χ2v) is 6.71. The summed E-state index contributed by atoms with van der Waals surface area (Å²) in [5.74, 6) is 1.22. The molecule has 0 aliphatic carbocycles. The normalized spacial score (nSPS) is 16.8. The largest absolute Gasteiger partial charge is 0.497 e. The molecular formula is C19H29N3O4. The summed E-state index contributed by atoms with van der Waals surface area (Å²) in [4.78, 5) is 28.2. The number of nitrogens with one attached hydrogen (secondary N) is 1. The van der Waals surface area contributed by atoms with Crippen LogP contribution in [0.4, 0.5) is 0 Å². The molecule has 0 saturated carbocycles. The Labute approximate surface area is 155 Å². The summed E-state index contributed by atoms with van der Waals surface area (Å²) in [6.07, 6.45) is 1.22. The summed E-state index contributed by atoms with van der Waals surface area (Å²) in [6, 6.07) is 7.29. The number of amides is 2. The van der Waals surface area contributed by atoms with Crippen molar-refractivity contribution in [2.45, 2.75) is 12.8 Å². The Morgan fingerprint density at radius 2 is 1.96 bits per heavy atom. The van der Waals surface area contributed by atoms with Crippen molar-refractivity contribution in [3.05, 3.63) is 24.3 Å². The lowest BCUT2D eigenvalue weighted by atomic mass is 10.1. The minimum Gasteiger partial charge on any atom is -0.497 e. The third-order valence-electron chi connectivity index (χ3n) is 4.35. The fourth-order valence-electron chi connectivity index (χ4n) is 2.90. The highest BCUT2D eigenvalue weighted by atomic mass is 16.5. The predicted octanol–water partition coefficient (Wildman–Crippen LogP) is 0.990. The molecule has 0 aromatic heterocycles. The van der Waals surface area contributed by atoms with Crippen molar-refractivity contribution < 1.29 is 19.1 Å². The molecule has 1 aliphatic rings. The average Bonchev–Trinajstić information content (AvgIpc) is 3.00. The minimum absolute atomic E-state index is 0.0680. The molecule has 1 saturated heterocycles. The first-order valence-corrected chi connectivity index (χ1v) is 8.96. The molecule has 1 aliphatic heterocycles. The van der Waals surface area contributed by atoms with Gasteiger partial charge in [-0.15, -0.1) is 0 Å². The summed E-state index contributed by atoms with van der Waals surface area (Å²) < 4.78 is 10.7. The van der Waals surface area contributed by atoms with E-state index < -0.39 is 0 Å². The number of likely N-dealkylation sites (tertiary alicyclic amines) is 1. The van der Waals surface area contributed by atoms with Crippen molar-refractivity contribution in [3.8, 4) is 11.5 Å². The maximum Gasteiger partial charge on any atom is 0.225 e. The maximum absolute atomic E-state index is 12.2. The molecule has 144 valence electrons.